The smallest absolute Gasteiger partial charge is 0.237 e. The van der Waals surface area contributed by atoms with Crippen molar-refractivity contribution in [1.29, 1.82) is 0 Å². The predicted molar refractivity (Wildman–Crippen MR) is 172 cm³/mol. The van der Waals surface area contributed by atoms with Crippen LogP contribution in [0.15, 0.2) is 61.1 Å². The van der Waals surface area contributed by atoms with Gasteiger partial charge in [0.15, 0.2) is 5.82 Å². The number of rotatable bonds is 6. The number of nitrogens with one attached hydrogen (secondary N) is 1. The minimum Gasteiger partial charge on any atom is -0.338 e. The van der Waals surface area contributed by atoms with Crippen LogP contribution < -0.4 is 4.90 Å². The summed E-state index contributed by atoms with van der Waals surface area (Å²) in [5.41, 5.74) is 6.07. The molecule has 13 nitrogen and oxygen atoms in total. The van der Waals surface area contributed by atoms with Crippen molar-refractivity contribution in [1.82, 2.24) is 49.8 Å². The van der Waals surface area contributed by atoms with Crippen molar-refractivity contribution in [2.24, 2.45) is 19.5 Å². The van der Waals surface area contributed by atoms with E-state index in [-0.39, 0.29) is 11.8 Å². The molecule has 2 amide bonds. The fraction of sp³-hybridized carbons (Fsp3) is 0.364. The molecule has 0 saturated carbocycles. The molecular weight excluding hydrogens is 582 g/mol. The number of aryl methyl sites for hydroxylation is 2. The summed E-state index contributed by atoms with van der Waals surface area (Å²) in [5, 5.41) is 21.4. The van der Waals surface area contributed by atoms with Crippen molar-refractivity contribution < 1.29 is 9.59 Å². The Morgan fingerprint density at radius 1 is 1.00 bits per heavy atom. The molecule has 2 fully saturated rings. The second kappa shape index (κ2) is 11.0. The number of aromatic nitrogens is 8. The second-order valence-corrected chi connectivity index (χ2v) is 12.6. The zero-order valence-corrected chi connectivity index (χ0v) is 25.9. The molecule has 234 valence electrons. The summed E-state index contributed by atoms with van der Waals surface area (Å²) in [4.78, 5) is 39.1. The van der Waals surface area contributed by atoms with E-state index in [1.54, 1.807) is 24.3 Å². The number of hydrogen-bond donors (Lipinski definition) is 1. The van der Waals surface area contributed by atoms with Crippen LogP contribution in [0.4, 0.5) is 5.69 Å². The van der Waals surface area contributed by atoms with Crippen molar-refractivity contribution in [3.05, 3.63) is 66.6 Å². The Morgan fingerprint density at radius 3 is 2.57 bits per heavy atom. The molecule has 1 N–H and O–H groups in total. The van der Waals surface area contributed by atoms with E-state index in [1.165, 1.54) is 10.4 Å². The zero-order valence-electron chi connectivity index (χ0n) is 25.9. The van der Waals surface area contributed by atoms with E-state index in [0.717, 1.165) is 53.5 Å². The Bertz CT molecular complexity index is 1990. The lowest BCUT2D eigenvalue weighted by atomic mass is 9.85. The number of aromatic amines is 1. The highest BCUT2D eigenvalue weighted by Crippen LogP contribution is 2.43. The van der Waals surface area contributed by atoms with Crippen molar-refractivity contribution >= 4 is 34.0 Å². The molecule has 3 aliphatic rings. The summed E-state index contributed by atoms with van der Waals surface area (Å²) >= 11 is 0. The molecule has 3 aliphatic heterocycles. The highest BCUT2D eigenvalue weighted by molar-refractivity contribution is 6.03. The summed E-state index contributed by atoms with van der Waals surface area (Å²) in [6.07, 6.45) is 7.90. The van der Waals surface area contributed by atoms with Crippen LogP contribution in [-0.4, -0.2) is 101 Å². The van der Waals surface area contributed by atoms with Gasteiger partial charge >= 0.3 is 0 Å². The minimum absolute atomic E-state index is 0.119. The fourth-order valence-corrected chi connectivity index (χ4v) is 7.11. The molecule has 0 unspecified atom stereocenters. The number of H-pyrrole nitrogens is 1. The monoisotopic (exact) mass is 617 g/mol. The van der Waals surface area contributed by atoms with Gasteiger partial charge in [0.2, 0.25) is 11.8 Å². The molecule has 0 bridgehead atoms. The summed E-state index contributed by atoms with van der Waals surface area (Å²) < 4.78 is 1.70. The number of hydrogen-bond acceptors (Lipinski definition) is 8. The highest BCUT2D eigenvalue weighted by Gasteiger charge is 2.51. The van der Waals surface area contributed by atoms with Gasteiger partial charge in [-0.05, 0) is 55.1 Å². The lowest BCUT2D eigenvalue weighted by Gasteiger charge is -2.29. The Hall–Kier alpha value is -5.17. The van der Waals surface area contributed by atoms with E-state index in [9.17, 15) is 9.59 Å². The van der Waals surface area contributed by atoms with Gasteiger partial charge in [-0.15, -0.1) is 0 Å². The number of benzene rings is 2. The number of fused-ring (bicyclic) bond motifs is 1. The maximum atomic E-state index is 13.9. The third-order valence-corrected chi connectivity index (χ3v) is 9.68. The van der Waals surface area contributed by atoms with E-state index < -0.39 is 5.41 Å². The van der Waals surface area contributed by atoms with Crippen LogP contribution in [-0.2, 0) is 23.7 Å². The minimum atomic E-state index is -0.453. The molecule has 5 aromatic rings. The van der Waals surface area contributed by atoms with Crippen LogP contribution in [0.5, 0.6) is 0 Å². The third-order valence-electron chi connectivity index (χ3n) is 9.68. The van der Waals surface area contributed by atoms with Crippen LogP contribution in [0.1, 0.15) is 24.8 Å². The first-order valence-corrected chi connectivity index (χ1v) is 15.7. The van der Waals surface area contributed by atoms with Gasteiger partial charge in [0.05, 0.1) is 23.7 Å². The second-order valence-electron chi connectivity index (χ2n) is 12.6. The van der Waals surface area contributed by atoms with Crippen molar-refractivity contribution in [2.75, 3.05) is 44.2 Å². The normalized spacial score (nSPS) is 20.4. The molecule has 1 atom stereocenters. The van der Waals surface area contributed by atoms with E-state index in [1.807, 2.05) is 47.2 Å². The summed E-state index contributed by atoms with van der Waals surface area (Å²) in [5.74, 6) is 0.970. The van der Waals surface area contributed by atoms with Crippen LogP contribution in [0, 0.1) is 5.41 Å². The largest absolute Gasteiger partial charge is 0.338 e. The number of nitrogens with zero attached hydrogens (tertiary/aromatic N) is 10. The van der Waals surface area contributed by atoms with E-state index >= 15 is 0 Å². The average molecular weight is 618 g/mol. The fourth-order valence-electron chi connectivity index (χ4n) is 7.11. The van der Waals surface area contributed by atoms with Gasteiger partial charge < -0.3 is 9.80 Å². The van der Waals surface area contributed by atoms with Crippen molar-refractivity contribution in [3.63, 3.8) is 0 Å². The number of carbonyl (C=O) groups is 2. The highest BCUT2D eigenvalue weighted by atomic mass is 16.2. The molecular formula is C33H35N11O2. The van der Waals surface area contributed by atoms with E-state index in [2.05, 4.69) is 53.6 Å². The van der Waals surface area contributed by atoms with E-state index in [0.29, 0.717) is 49.9 Å². The van der Waals surface area contributed by atoms with Crippen LogP contribution >= 0.6 is 0 Å². The van der Waals surface area contributed by atoms with E-state index in [4.69, 9.17) is 0 Å². The molecule has 0 radical (unpaired) electrons. The summed E-state index contributed by atoms with van der Waals surface area (Å²) in [6, 6.07) is 14.2. The Balaban J connectivity index is 0.893. The number of amides is 2. The lowest BCUT2D eigenvalue weighted by Crippen LogP contribution is -2.43. The predicted octanol–water partition coefficient (Wildman–Crippen LogP) is 2.90. The van der Waals surface area contributed by atoms with Crippen molar-refractivity contribution in [3.8, 4) is 22.8 Å². The molecule has 0 aliphatic carbocycles. The van der Waals surface area contributed by atoms with Gasteiger partial charge in [-0.2, -0.15) is 25.2 Å². The Kier molecular flexibility index (Phi) is 6.78. The summed E-state index contributed by atoms with van der Waals surface area (Å²) in [6.45, 7) is 3.63. The Labute approximate surface area is 265 Å². The lowest BCUT2D eigenvalue weighted by molar-refractivity contribution is -0.132. The standard InChI is InChI=1S/C33H35N11O2/c1-40-21-34-31(39-40)24-5-3-22(4-6-24)23-9-13-43(14-10-23)29(45)19-42-15-11-33(20-42)12-16-44(32(33)46)25-7-8-27-26(17-25)30(37-36-27)28-18-35-41(2)38-28/h3-9,17-18,21H,10-16,19-20H2,1-2H3,(H,36,37)/t33-/m0/s1. The van der Waals surface area contributed by atoms with Crippen molar-refractivity contribution in [2.45, 2.75) is 19.3 Å². The van der Waals surface area contributed by atoms with Crippen LogP contribution in [0.2, 0.25) is 0 Å². The molecule has 6 heterocycles. The average Bonchev–Trinajstić information content (AvgIpc) is 3.91. The maximum Gasteiger partial charge on any atom is 0.237 e. The maximum absolute atomic E-state index is 13.9. The first-order valence-electron chi connectivity index (χ1n) is 15.7. The van der Waals surface area contributed by atoms with Gasteiger partial charge in [0, 0.05) is 56.9 Å². The number of likely N-dealkylation sites (tertiary alicyclic amines) is 1. The van der Waals surface area contributed by atoms with Crippen LogP contribution in [0.3, 0.4) is 0 Å². The van der Waals surface area contributed by atoms with Crippen LogP contribution in [0.25, 0.3) is 39.3 Å². The molecule has 46 heavy (non-hydrogen) atoms. The SMILES string of the molecule is Cn1cnc(-c2ccc(C3=CCN(C(=O)CN4CC[C@]5(CCN(c6ccc7[nH]nc(-c8cnn(C)n8)c7c6)C5=O)C4)CC3)cc2)n1. The van der Waals surface area contributed by atoms with Gasteiger partial charge in [-0.25, -0.2) is 4.98 Å². The first-order chi connectivity index (χ1) is 22.3. The Morgan fingerprint density at radius 2 is 1.83 bits per heavy atom. The molecule has 2 aromatic carbocycles. The van der Waals surface area contributed by atoms with Gasteiger partial charge in [0.1, 0.15) is 17.7 Å². The number of carbonyl (C=O) groups excluding carboxylic acids is 2. The summed E-state index contributed by atoms with van der Waals surface area (Å²) in [7, 11) is 3.63. The molecule has 1 spiro atoms. The number of anilines is 1. The first kappa shape index (κ1) is 28.3. The quantitative estimate of drug-likeness (QED) is 0.308. The van der Waals surface area contributed by atoms with Gasteiger partial charge in [-0.1, -0.05) is 30.3 Å². The van der Waals surface area contributed by atoms with Gasteiger partial charge in [0.25, 0.3) is 0 Å². The topological polar surface area (TPSA) is 134 Å². The van der Waals surface area contributed by atoms with Gasteiger partial charge in [-0.3, -0.25) is 24.3 Å². The molecule has 2 saturated heterocycles. The zero-order chi connectivity index (χ0) is 31.4. The molecule has 13 heteroatoms. The molecule has 8 rings (SSSR count). The molecule has 3 aromatic heterocycles. The third kappa shape index (κ3) is 4.96.